The van der Waals surface area contributed by atoms with Crippen LogP contribution in [0.3, 0.4) is 0 Å². The Morgan fingerprint density at radius 2 is 1.45 bits per heavy atom. The maximum atomic E-state index is 12.4. The van der Waals surface area contributed by atoms with Gasteiger partial charge in [-0.3, -0.25) is 4.79 Å². The Morgan fingerprint density at radius 3 is 2.14 bits per heavy atom. The minimum absolute atomic E-state index is 0.127. The number of nitrogens with one attached hydrogen (secondary N) is 2. The third-order valence-electron chi connectivity index (χ3n) is 11.0. The van der Waals surface area contributed by atoms with Crippen LogP contribution in [0.1, 0.15) is 125 Å². The highest BCUT2D eigenvalue weighted by molar-refractivity contribution is 6.30. The zero-order valence-electron chi connectivity index (χ0n) is 30.6. The number of H-pyrrole nitrogens is 2. The molecule has 49 heavy (non-hydrogen) atoms. The summed E-state index contributed by atoms with van der Waals surface area (Å²) in [5.74, 6) is 1.05. The molecule has 6 nitrogen and oxygen atoms in total. The molecule has 1 fully saturated rings. The van der Waals surface area contributed by atoms with Crippen molar-refractivity contribution in [1.29, 1.82) is 0 Å². The molecule has 0 radical (unpaired) electrons. The van der Waals surface area contributed by atoms with E-state index in [1.165, 1.54) is 46.2 Å². The molecule has 1 aliphatic carbocycles. The van der Waals surface area contributed by atoms with Crippen LogP contribution >= 0.6 is 0 Å². The van der Waals surface area contributed by atoms with Gasteiger partial charge >= 0.3 is 0 Å². The van der Waals surface area contributed by atoms with Crippen LogP contribution in [0.15, 0.2) is 68.3 Å². The lowest BCUT2D eigenvalue weighted by Crippen LogP contribution is -2.28. The van der Waals surface area contributed by atoms with Crippen molar-refractivity contribution in [2.24, 2.45) is 9.98 Å². The third kappa shape index (κ3) is 6.62. The highest BCUT2D eigenvalue weighted by Gasteiger charge is 2.31. The highest BCUT2D eigenvalue weighted by atomic mass is 16.5. The van der Waals surface area contributed by atoms with E-state index in [1.54, 1.807) is 0 Å². The number of aliphatic imine (C=N–C) groups is 2. The molecule has 2 aromatic heterocycles. The van der Waals surface area contributed by atoms with Crippen molar-refractivity contribution >= 4 is 35.7 Å². The van der Waals surface area contributed by atoms with E-state index in [9.17, 15) is 4.79 Å². The Balaban J connectivity index is 1.35. The summed E-state index contributed by atoms with van der Waals surface area (Å²) < 4.78 is 6.80. The number of hydrogen-bond donors (Lipinski definition) is 2. The number of carbonyl (C=O) groups is 1. The van der Waals surface area contributed by atoms with Gasteiger partial charge in [-0.15, -0.1) is 0 Å². The van der Waals surface area contributed by atoms with Crippen molar-refractivity contribution in [2.75, 3.05) is 0 Å². The van der Waals surface area contributed by atoms with Crippen LogP contribution in [0.25, 0.3) is 18.2 Å². The molecule has 3 aromatic rings. The standard InChI is InChI=1S/C43H52N4O2/c1-9-30-25(5)35(22-39-32(11-3)27(7)42(48)46-39)44-37(30)24-38-31(10-2)26(6)36(45-38)23-40-33(12-4)28(8)43(47-40)49-41-21-17-16-20-34(41)29-18-14-13-15-19-29/h13-15,18-19,22-24,34,41,44-45H,9-12,16-17,20-21H2,1-8H3/b35-22+,37-24-,40-23-/t34-,41+/m0/s1. The summed E-state index contributed by atoms with van der Waals surface area (Å²) in [6.07, 6.45) is 14.8. The summed E-state index contributed by atoms with van der Waals surface area (Å²) in [6.45, 7) is 17.1. The molecular formula is C43H52N4O2. The fraction of sp³-hybridized carbons (Fsp3) is 0.419. The van der Waals surface area contributed by atoms with Gasteiger partial charge in [0.1, 0.15) is 6.10 Å². The second kappa shape index (κ2) is 14.6. The van der Waals surface area contributed by atoms with Gasteiger partial charge < -0.3 is 14.7 Å². The van der Waals surface area contributed by atoms with E-state index in [4.69, 9.17) is 9.73 Å². The molecule has 1 aromatic carbocycles. The molecule has 2 aliphatic heterocycles. The number of allylic oxidation sites excluding steroid dienone is 2. The van der Waals surface area contributed by atoms with Crippen LogP contribution in [-0.4, -0.2) is 33.6 Å². The fourth-order valence-corrected chi connectivity index (χ4v) is 8.09. The summed E-state index contributed by atoms with van der Waals surface area (Å²) in [5.41, 5.74) is 14.5. The Hall–Kier alpha value is -4.45. The minimum atomic E-state index is -0.127. The van der Waals surface area contributed by atoms with Gasteiger partial charge in [-0.2, -0.15) is 0 Å². The minimum Gasteiger partial charge on any atom is -0.473 e. The quantitative estimate of drug-likeness (QED) is 0.242. The molecular weight excluding hydrogens is 604 g/mol. The van der Waals surface area contributed by atoms with Crippen molar-refractivity contribution in [3.63, 3.8) is 0 Å². The number of aromatic nitrogens is 2. The number of carbonyl (C=O) groups excluding carboxylic acids is 1. The number of hydrogen-bond acceptors (Lipinski definition) is 3. The number of aromatic amines is 2. The van der Waals surface area contributed by atoms with Gasteiger partial charge in [0.25, 0.3) is 5.91 Å². The lowest BCUT2D eigenvalue weighted by Gasteiger charge is -2.32. The molecule has 1 amide bonds. The number of amides is 1. The molecule has 256 valence electrons. The molecule has 2 N–H and O–H groups in total. The van der Waals surface area contributed by atoms with Crippen LogP contribution in [0.5, 0.6) is 0 Å². The van der Waals surface area contributed by atoms with E-state index in [1.807, 2.05) is 13.0 Å². The maximum Gasteiger partial charge on any atom is 0.273 e. The van der Waals surface area contributed by atoms with Crippen LogP contribution in [0.2, 0.25) is 0 Å². The predicted molar refractivity (Wildman–Crippen MR) is 203 cm³/mol. The van der Waals surface area contributed by atoms with E-state index in [0.717, 1.165) is 94.6 Å². The summed E-state index contributed by atoms with van der Waals surface area (Å²) in [4.78, 5) is 29.3. The molecule has 0 unspecified atom stereocenters. The number of nitrogens with zero attached hydrogens (tertiary/aromatic N) is 2. The Labute approximate surface area is 291 Å². The van der Waals surface area contributed by atoms with Gasteiger partial charge in [-0.1, -0.05) is 64.4 Å². The second-order valence-corrected chi connectivity index (χ2v) is 13.7. The SMILES string of the molecule is CCC1=C(C)C(=O)N=C1/C=c1/[nH]/c(=C\c2[nH]c(/C=C3\N=C(O[C@@H]4CCCC[C@H]4c4ccccc4)C(C)=C3CC)c(C)c2CC)c(CC)c1C. The molecule has 4 heterocycles. The van der Waals surface area contributed by atoms with Gasteiger partial charge in [-0.25, -0.2) is 9.98 Å². The number of ether oxygens (including phenoxy) is 1. The summed E-state index contributed by atoms with van der Waals surface area (Å²) >= 11 is 0. The fourth-order valence-electron chi connectivity index (χ4n) is 8.09. The summed E-state index contributed by atoms with van der Waals surface area (Å²) in [5, 5.41) is 2.09. The first-order valence-corrected chi connectivity index (χ1v) is 18.4. The van der Waals surface area contributed by atoms with Crippen LogP contribution < -0.4 is 10.7 Å². The van der Waals surface area contributed by atoms with E-state index in [0.29, 0.717) is 5.92 Å². The largest absolute Gasteiger partial charge is 0.473 e. The lowest BCUT2D eigenvalue weighted by molar-refractivity contribution is -0.114. The van der Waals surface area contributed by atoms with Crippen molar-refractivity contribution in [1.82, 2.24) is 9.97 Å². The van der Waals surface area contributed by atoms with Gasteiger partial charge in [0.15, 0.2) is 0 Å². The highest BCUT2D eigenvalue weighted by Crippen LogP contribution is 2.38. The van der Waals surface area contributed by atoms with E-state index >= 15 is 0 Å². The van der Waals surface area contributed by atoms with E-state index < -0.39 is 0 Å². The normalized spacial score (nSPS) is 21.5. The first-order chi connectivity index (χ1) is 23.7. The van der Waals surface area contributed by atoms with Crippen molar-refractivity contribution < 1.29 is 9.53 Å². The van der Waals surface area contributed by atoms with Gasteiger partial charge in [0, 0.05) is 39.2 Å². The monoisotopic (exact) mass is 656 g/mol. The number of rotatable bonds is 9. The molecule has 1 saturated carbocycles. The Bertz CT molecular complexity index is 2040. The topological polar surface area (TPSA) is 82.6 Å². The Morgan fingerprint density at radius 1 is 0.735 bits per heavy atom. The van der Waals surface area contributed by atoms with Crippen LogP contribution in [0.4, 0.5) is 0 Å². The zero-order chi connectivity index (χ0) is 34.8. The van der Waals surface area contributed by atoms with E-state index in [-0.39, 0.29) is 12.0 Å². The van der Waals surface area contributed by atoms with Crippen LogP contribution in [-0.2, 0) is 22.4 Å². The molecule has 6 heteroatoms. The average molecular weight is 657 g/mol. The first-order valence-electron chi connectivity index (χ1n) is 18.4. The molecule has 3 aliphatic rings. The molecule has 6 rings (SSSR count). The zero-order valence-corrected chi connectivity index (χ0v) is 30.6. The van der Waals surface area contributed by atoms with Crippen LogP contribution in [0, 0.1) is 13.8 Å². The first kappa shape index (κ1) is 34.4. The molecule has 0 bridgehead atoms. The average Bonchev–Trinajstić information content (AvgIpc) is 3.77. The molecule has 2 atom stereocenters. The van der Waals surface area contributed by atoms with Crippen molar-refractivity contribution in [3.8, 4) is 0 Å². The Kier molecular flexibility index (Phi) is 10.2. The smallest absolute Gasteiger partial charge is 0.273 e. The molecule has 0 saturated heterocycles. The third-order valence-corrected chi connectivity index (χ3v) is 11.0. The molecule has 0 spiro atoms. The van der Waals surface area contributed by atoms with Gasteiger partial charge in [0.2, 0.25) is 5.90 Å². The predicted octanol–water partition coefficient (Wildman–Crippen LogP) is 8.62. The number of benzene rings is 1. The van der Waals surface area contributed by atoms with Gasteiger partial charge in [-0.05, 0) is 130 Å². The van der Waals surface area contributed by atoms with Crippen molar-refractivity contribution in [3.05, 3.63) is 108 Å². The maximum absolute atomic E-state index is 12.4. The van der Waals surface area contributed by atoms with Gasteiger partial charge in [0.05, 0.1) is 11.4 Å². The summed E-state index contributed by atoms with van der Waals surface area (Å²) in [6, 6.07) is 10.8. The second-order valence-electron chi connectivity index (χ2n) is 13.7. The summed E-state index contributed by atoms with van der Waals surface area (Å²) in [7, 11) is 0. The van der Waals surface area contributed by atoms with Crippen molar-refractivity contribution in [2.45, 2.75) is 119 Å². The van der Waals surface area contributed by atoms with E-state index in [2.05, 4.69) is 106 Å². The lowest BCUT2D eigenvalue weighted by atomic mass is 9.81.